The van der Waals surface area contributed by atoms with Gasteiger partial charge in [-0.25, -0.2) is 4.79 Å². The number of ether oxygens (including phenoxy) is 2. The Labute approximate surface area is 216 Å². The lowest BCUT2D eigenvalue weighted by Crippen LogP contribution is -2.54. The van der Waals surface area contributed by atoms with Gasteiger partial charge in [0.2, 0.25) is 12.2 Å². The molecule has 190 valence electrons. The molecule has 0 aromatic heterocycles. The molecule has 1 unspecified atom stereocenters. The van der Waals surface area contributed by atoms with Crippen LogP contribution in [-0.4, -0.2) is 55.6 Å². The molecule has 2 amide bonds. The molecule has 9 nitrogen and oxygen atoms in total. The van der Waals surface area contributed by atoms with Crippen molar-refractivity contribution < 1.29 is 14.3 Å². The lowest BCUT2D eigenvalue weighted by atomic mass is 10.0. The first-order valence-corrected chi connectivity index (χ1v) is 11.9. The highest BCUT2D eigenvalue weighted by molar-refractivity contribution is 5.95. The summed E-state index contributed by atoms with van der Waals surface area (Å²) in [5.74, 6) is 1.60. The third-order valence-corrected chi connectivity index (χ3v) is 6.32. The van der Waals surface area contributed by atoms with Crippen molar-refractivity contribution in [3.63, 3.8) is 0 Å². The second-order valence-electron chi connectivity index (χ2n) is 8.54. The number of rotatable bonds is 5. The zero-order valence-corrected chi connectivity index (χ0v) is 21.1. The maximum atomic E-state index is 13.6. The van der Waals surface area contributed by atoms with Gasteiger partial charge in [0.1, 0.15) is 11.5 Å². The SMILES string of the molecule is COc1ccc(OC)c(NC(=O)N2CCN(/C(=N\C#N)Nc3ccccc3C)CC2c2ccccc2)c1. The Kier molecular flexibility index (Phi) is 8.11. The number of hydrogen-bond donors (Lipinski definition) is 2. The zero-order chi connectivity index (χ0) is 26.2. The van der Waals surface area contributed by atoms with Crippen molar-refractivity contribution >= 4 is 23.4 Å². The summed E-state index contributed by atoms with van der Waals surface area (Å²) in [5, 5.41) is 15.7. The molecule has 2 N–H and O–H groups in total. The molecular weight excluding hydrogens is 468 g/mol. The number of aliphatic imine (C=N–C) groups is 1. The molecule has 3 aromatic carbocycles. The fraction of sp³-hybridized carbons (Fsp3) is 0.250. The van der Waals surface area contributed by atoms with E-state index in [4.69, 9.17) is 9.47 Å². The number of urea groups is 1. The van der Waals surface area contributed by atoms with E-state index in [1.165, 1.54) is 0 Å². The molecule has 0 aliphatic carbocycles. The number of hydrogen-bond acceptors (Lipinski definition) is 5. The van der Waals surface area contributed by atoms with Crippen molar-refractivity contribution in [1.29, 1.82) is 5.26 Å². The first-order valence-electron chi connectivity index (χ1n) is 11.9. The number of nitriles is 1. The highest BCUT2D eigenvalue weighted by Crippen LogP contribution is 2.31. The molecular formula is C28H30N6O3. The minimum atomic E-state index is -0.283. The number of benzene rings is 3. The summed E-state index contributed by atoms with van der Waals surface area (Å²) in [7, 11) is 3.13. The molecule has 3 aromatic rings. The minimum absolute atomic E-state index is 0.259. The summed E-state index contributed by atoms with van der Waals surface area (Å²) in [6, 6.07) is 22.4. The molecule has 1 fully saturated rings. The number of aryl methyl sites for hydroxylation is 1. The Morgan fingerprint density at radius 2 is 1.73 bits per heavy atom. The number of amides is 2. The fourth-order valence-electron chi connectivity index (χ4n) is 4.34. The summed E-state index contributed by atoms with van der Waals surface area (Å²) in [6.07, 6.45) is 1.91. The minimum Gasteiger partial charge on any atom is -0.497 e. The van der Waals surface area contributed by atoms with E-state index in [1.807, 2.05) is 72.6 Å². The number of nitrogens with zero attached hydrogens (tertiary/aromatic N) is 4. The summed E-state index contributed by atoms with van der Waals surface area (Å²) in [5.41, 5.74) is 3.41. The van der Waals surface area contributed by atoms with Crippen LogP contribution in [0.5, 0.6) is 11.5 Å². The number of anilines is 2. The predicted molar refractivity (Wildman–Crippen MR) is 144 cm³/mol. The third-order valence-electron chi connectivity index (χ3n) is 6.32. The van der Waals surface area contributed by atoms with Gasteiger partial charge in [0.15, 0.2) is 0 Å². The third kappa shape index (κ3) is 5.93. The van der Waals surface area contributed by atoms with Gasteiger partial charge in [0.05, 0.1) is 25.9 Å². The molecule has 1 heterocycles. The monoisotopic (exact) mass is 498 g/mol. The predicted octanol–water partition coefficient (Wildman–Crippen LogP) is 4.85. The fourth-order valence-corrected chi connectivity index (χ4v) is 4.34. The Morgan fingerprint density at radius 1 is 0.973 bits per heavy atom. The number of para-hydroxylation sites is 1. The highest BCUT2D eigenvalue weighted by Gasteiger charge is 2.33. The zero-order valence-electron chi connectivity index (χ0n) is 21.1. The number of guanidine groups is 1. The molecule has 9 heteroatoms. The van der Waals surface area contributed by atoms with Crippen LogP contribution in [0.3, 0.4) is 0 Å². The number of carbonyl (C=O) groups is 1. The largest absolute Gasteiger partial charge is 0.497 e. The van der Waals surface area contributed by atoms with E-state index in [9.17, 15) is 10.1 Å². The van der Waals surface area contributed by atoms with E-state index < -0.39 is 0 Å². The number of carbonyl (C=O) groups excluding carboxylic acids is 1. The van der Waals surface area contributed by atoms with Crippen molar-refractivity contribution in [1.82, 2.24) is 9.80 Å². The molecule has 0 bridgehead atoms. The van der Waals surface area contributed by atoms with Gasteiger partial charge in [-0.3, -0.25) is 0 Å². The Hall–Kier alpha value is -4.71. The molecule has 4 rings (SSSR count). The highest BCUT2D eigenvalue weighted by atomic mass is 16.5. The van der Waals surface area contributed by atoms with Gasteiger partial charge in [-0.1, -0.05) is 48.5 Å². The normalized spacial score (nSPS) is 15.5. The van der Waals surface area contributed by atoms with Crippen molar-refractivity contribution in [3.05, 3.63) is 83.9 Å². The Morgan fingerprint density at radius 3 is 2.43 bits per heavy atom. The average Bonchev–Trinajstić information content (AvgIpc) is 2.94. The lowest BCUT2D eigenvalue weighted by Gasteiger charge is -2.42. The lowest BCUT2D eigenvalue weighted by molar-refractivity contribution is 0.136. The van der Waals surface area contributed by atoms with E-state index in [1.54, 1.807) is 37.3 Å². The Balaban J connectivity index is 1.60. The van der Waals surface area contributed by atoms with Crippen molar-refractivity contribution in [2.45, 2.75) is 13.0 Å². The molecule has 0 radical (unpaired) electrons. The first kappa shape index (κ1) is 25.4. The van der Waals surface area contributed by atoms with E-state index in [0.717, 1.165) is 16.8 Å². The van der Waals surface area contributed by atoms with Gasteiger partial charge in [0.25, 0.3) is 0 Å². The van der Waals surface area contributed by atoms with Crippen LogP contribution in [0, 0.1) is 18.4 Å². The van der Waals surface area contributed by atoms with E-state index in [2.05, 4.69) is 15.6 Å². The summed E-state index contributed by atoms with van der Waals surface area (Å²) in [6.45, 7) is 3.35. The van der Waals surface area contributed by atoms with Crippen LogP contribution in [0.25, 0.3) is 0 Å². The summed E-state index contributed by atoms with van der Waals surface area (Å²) < 4.78 is 10.8. The van der Waals surface area contributed by atoms with Crippen LogP contribution >= 0.6 is 0 Å². The molecule has 0 spiro atoms. The van der Waals surface area contributed by atoms with Crippen LogP contribution in [0.1, 0.15) is 17.2 Å². The van der Waals surface area contributed by atoms with Crippen LogP contribution in [0.15, 0.2) is 77.8 Å². The van der Waals surface area contributed by atoms with Gasteiger partial charge >= 0.3 is 6.03 Å². The average molecular weight is 499 g/mol. The number of piperazine rings is 1. The molecule has 0 saturated carbocycles. The van der Waals surface area contributed by atoms with Crippen LogP contribution in [0.4, 0.5) is 16.2 Å². The molecule has 1 saturated heterocycles. The van der Waals surface area contributed by atoms with Gasteiger partial charge < -0.3 is 29.9 Å². The summed E-state index contributed by atoms with van der Waals surface area (Å²) in [4.78, 5) is 21.4. The van der Waals surface area contributed by atoms with Crippen molar-refractivity contribution in [3.8, 4) is 17.7 Å². The summed E-state index contributed by atoms with van der Waals surface area (Å²) >= 11 is 0. The number of nitrogens with one attached hydrogen (secondary N) is 2. The maximum Gasteiger partial charge on any atom is 0.322 e. The van der Waals surface area contributed by atoms with Crippen LogP contribution in [-0.2, 0) is 0 Å². The second-order valence-corrected chi connectivity index (χ2v) is 8.54. The second kappa shape index (κ2) is 11.8. The quantitative estimate of drug-likeness (QED) is 0.296. The van der Waals surface area contributed by atoms with Gasteiger partial charge in [-0.2, -0.15) is 5.26 Å². The maximum absolute atomic E-state index is 13.6. The Bertz CT molecular complexity index is 1300. The van der Waals surface area contributed by atoms with Gasteiger partial charge in [-0.15, -0.1) is 4.99 Å². The topological polar surface area (TPSA) is 102 Å². The van der Waals surface area contributed by atoms with Gasteiger partial charge in [-0.05, 0) is 36.2 Å². The van der Waals surface area contributed by atoms with Crippen molar-refractivity contribution in [2.75, 3.05) is 44.5 Å². The van der Waals surface area contributed by atoms with E-state index in [-0.39, 0.29) is 12.1 Å². The molecule has 37 heavy (non-hydrogen) atoms. The van der Waals surface area contributed by atoms with E-state index in [0.29, 0.717) is 42.8 Å². The molecule has 1 aliphatic heterocycles. The number of methoxy groups -OCH3 is 2. The smallest absolute Gasteiger partial charge is 0.322 e. The first-order chi connectivity index (χ1) is 18.0. The van der Waals surface area contributed by atoms with E-state index >= 15 is 0 Å². The van der Waals surface area contributed by atoms with Crippen LogP contribution in [0.2, 0.25) is 0 Å². The van der Waals surface area contributed by atoms with Crippen molar-refractivity contribution in [2.24, 2.45) is 4.99 Å². The van der Waals surface area contributed by atoms with Gasteiger partial charge in [0, 0.05) is 31.4 Å². The standard InChI is InChI=1S/C28H30N6O3/c1-20-9-7-8-12-23(20)31-27(30-19-29)33-15-16-34(25(18-33)21-10-5-4-6-11-21)28(35)32-24-17-22(36-2)13-14-26(24)37-3/h4-14,17,25H,15-16,18H2,1-3H3,(H,30,31)(H,32,35). The molecule has 1 atom stereocenters. The van der Waals surface area contributed by atoms with Crippen LogP contribution < -0.4 is 20.1 Å². The molecule has 1 aliphatic rings.